The molecule has 1 rings (SSSR count). The lowest BCUT2D eigenvalue weighted by Gasteiger charge is -2.01. The standard InChI is InChI=1S/C11H19N3O2S3/c1-17-7-5-3-2-4-6-12-10-13-14-11(19-10)18-8-9(15)16/h2-8H2,1H3,(H,12,13)(H,15,16). The van der Waals surface area contributed by atoms with E-state index in [0.29, 0.717) is 4.34 Å². The normalized spacial score (nSPS) is 10.6. The Morgan fingerprint density at radius 3 is 2.84 bits per heavy atom. The maximum atomic E-state index is 10.4. The number of hydrogen-bond donors (Lipinski definition) is 2. The van der Waals surface area contributed by atoms with Gasteiger partial charge in [0.05, 0.1) is 5.75 Å². The summed E-state index contributed by atoms with van der Waals surface area (Å²) in [5.41, 5.74) is 0. The highest BCUT2D eigenvalue weighted by Crippen LogP contribution is 2.25. The number of anilines is 1. The van der Waals surface area contributed by atoms with Crippen molar-refractivity contribution in [1.29, 1.82) is 0 Å². The Kier molecular flexibility index (Phi) is 9.02. The van der Waals surface area contributed by atoms with E-state index in [0.717, 1.165) is 18.1 Å². The van der Waals surface area contributed by atoms with Crippen LogP contribution in [0.2, 0.25) is 0 Å². The number of carboxylic acid groups (broad SMARTS) is 1. The largest absolute Gasteiger partial charge is 0.481 e. The molecule has 0 radical (unpaired) electrons. The maximum absolute atomic E-state index is 10.4. The second kappa shape index (κ2) is 10.3. The SMILES string of the molecule is CSCCCCCCNc1nnc(SCC(=O)O)s1. The zero-order chi connectivity index (χ0) is 13.9. The van der Waals surface area contributed by atoms with E-state index in [9.17, 15) is 4.79 Å². The number of nitrogens with one attached hydrogen (secondary N) is 1. The summed E-state index contributed by atoms with van der Waals surface area (Å²) >= 11 is 4.51. The molecule has 1 heterocycles. The van der Waals surface area contributed by atoms with Gasteiger partial charge in [-0.2, -0.15) is 11.8 Å². The van der Waals surface area contributed by atoms with E-state index in [4.69, 9.17) is 5.11 Å². The van der Waals surface area contributed by atoms with E-state index >= 15 is 0 Å². The molecule has 0 unspecified atom stereocenters. The molecule has 108 valence electrons. The Hall–Kier alpha value is -0.470. The lowest BCUT2D eigenvalue weighted by atomic mass is 10.2. The average molecular weight is 321 g/mol. The third-order valence-corrected chi connectivity index (χ3v) is 4.97. The zero-order valence-corrected chi connectivity index (χ0v) is 13.4. The molecule has 0 atom stereocenters. The Balaban J connectivity index is 2.07. The first-order chi connectivity index (χ1) is 9.22. The van der Waals surface area contributed by atoms with Crippen molar-refractivity contribution in [2.75, 3.05) is 29.6 Å². The number of nitrogens with zero attached hydrogens (tertiary/aromatic N) is 2. The van der Waals surface area contributed by atoms with Gasteiger partial charge in [-0.3, -0.25) is 4.79 Å². The minimum Gasteiger partial charge on any atom is -0.481 e. The van der Waals surface area contributed by atoms with Crippen molar-refractivity contribution >= 4 is 46.0 Å². The van der Waals surface area contributed by atoms with Crippen LogP contribution in [-0.2, 0) is 4.79 Å². The van der Waals surface area contributed by atoms with E-state index in [1.807, 2.05) is 11.8 Å². The highest BCUT2D eigenvalue weighted by molar-refractivity contribution is 8.01. The van der Waals surface area contributed by atoms with Crippen molar-refractivity contribution < 1.29 is 9.90 Å². The number of rotatable bonds is 11. The van der Waals surface area contributed by atoms with Gasteiger partial charge in [-0.15, -0.1) is 10.2 Å². The summed E-state index contributed by atoms with van der Waals surface area (Å²) in [5, 5.41) is 20.5. The van der Waals surface area contributed by atoms with Gasteiger partial charge in [-0.05, 0) is 24.9 Å². The molecule has 0 saturated heterocycles. The summed E-state index contributed by atoms with van der Waals surface area (Å²) in [6.07, 6.45) is 7.06. The van der Waals surface area contributed by atoms with Gasteiger partial charge in [-0.25, -0.2) is 0 Å². The number of unbranched alkanes of at least 4 members (excludes halogenated alkanes) is 3. The topological polar surface area (TPSA) is 75.1 Å². The van der Waals surface area contributed by atoms with Gasteiger partial charge in [0.25, 0.3) is 0 Å². The van der Waals surface area contributed by atoms with Gasteiger partial charge < -0.3 is 10.4 Å². The van der Waals surface area contributed by atoms with E-state index in [1.54, 1.807) is 0 Å². The number of thioether (sulfide) groups is 2. The number of carboxylic acids is 1. The molecule has 0 aromatic carbocycles. The van der Waals surface area contributed by atoms with Gasteiger partial charge in [0.15, 0.2) is 4.34 Å². The monoisotopic (exact) mass is 321 g/mol. The predicted octanol–water partition coefficient (Wildman–Crippen LogP) is 3.05. The van der Waals surface area contributed by atoms with Gasteiger partial charge in [0, 0.05) is 6.54 Å². The summed E-state index contributed by atoms with van der Waals surface area (Å²) in [5.74, 6) is 0.442. The van der Waals surface area contributed by atoms with Crippen molar-refractivity contribution in [3.8, 4) is 0 Å². The van der Waals surface area contributed by atoms with Crippen molar-refractivity contribution in [2.45, 2.75) is 30.0 Å². The third kappa shape index (κ3) is 8.33. The fourth-order valence-electron chi connectivity index (χ4n) is 1.38. The van der Waals surface area contributed by atoms with Crippen molar-refractivity contribution in [3.05, 3.63) is 0 Å². The molecule has 19 heavy (non-hydrogen) atoms. The van der Waals surface area contributed by atoms with Crippen molar-refractivity contribution in [1.82, 2.24) is 10.2 Å². The van der Waals surface area contributed by atoms with Crippen LogP contribution < -0.4 is 5.32 Å². The smallest absolute Gasteiger partial charge is 0.313 e. The molecule has 0 saturated carbocycles. The van der Waals surface area contributed by atoms with Gasteiger partial charge in [0.1, 0.15) is 0 Å². The summed E-state index contributed by atoms with van der Waals surface area (Å²) in [6, 6.07) is 0. The summed E-state index contributed by atoms with van der Waals surface area (Å²) in [4.78, 5) is 10.4. The molecule has 1 aromatic heterocycles. The first-order valence-corrected chi connectivity index (χ1v) is 9.33. The van der Waals surface area contributed by atoms with Crippen LogP contribution in [0.4, 0.5) is 5.13 Å². The lowest BCUT2D eigenvalue weighted by molar-refractivity contribution is -0.133. The third-order valence-electron chi connectivity index (χ3n) is 2.28. The van der Waals surface area contributed by atoms with Crippen LogP contribution in [0.1, 0.15) is 25.7 Å². The molecule has 0 aliphatic carbocycles. The Bertz CT molecular complexity index is 374. The fraction of sp³-hybridized carbons (Fsp3) is 0.727. The van der Waals surface area contributed by atoms with Crippen molar-refractivity contribution in [2.24, 2.45) is 0 Å². The van der Waals surface area contributed by atoms with Crippen LogP contribution in [0.15, 0.2) is 4.34 Å². The van der Waals surface area contributed by atoms with E-state index < -0.39 is 5.97 Å². The van der Waals surface area contributed by atoms with Crippen LogP contribution in [0.25, 0.3) is 0 Å². The predicted molar refractivity (Wildman–Crippen MR) is 83.6 cm³/mol. The zero-order valence-electron chi connectivity index (χ0n) is 10.9. The van der Waals surface area contributed by atoms with Crippen LogP contribution in [0, 0.1) is 0 Å². The molecule has 0 amide bonds. The first kappa shape index (κ1) is 16.6. The molecule has 5 nitrogen and oxygen atoms in total. The van der Waals surface area contributed by atoms with Gasteiger partial charge in [0.2, 0.25) is 5.13 Å². The molecule has 0 aliphatic heterocycles. The Labute approximate surface area is 126 Å². The summed E-state index contributed by atoms with van der Waals surface area (Å²) < 4.78 is 0.699. The summed E-state index contributed by atoms with van der Waals surface area (Å²) in [6.45, 7) is 0.900. The van der Waals surface area contributed by atoms with Crippen molar-refractivity contribution in [3.63, 3.8) is 0 Å². The molecule has 0 fully saturated rings. The number of hydrogen-bond acceptors (Lipinski definition) is 7. The van der Waals surface area contributed by atoms with Crippen LogP contribution in [0.5, 0.6) is 0 Å². The van der Waals surface area contributed by atoms with Gasteiger partial charge in [-0.1, -0.05) is 35.9 Å². The molecule has 0 bridgehead atoms. The fourth-order valence-corrected chi connectivity index (χ4v) is 3.37. The van der Waals surface area contributed by atoms with Crippen LogP contribution >= 0.6 is 34.9 Å². The molecule has 0 aliphatic rings. The lowest BCUT2D eigenvalue weighted by Crippen LogP contribution is -2.00. The number of aliphatic carboxylic acids is 1. The van der Waals surface area contributed by atoms with Crippen LogP contribution in [-0.4, -0.2) is 45.6 Å². The van der Waals surface area contributed by atoms with Crippen LogP contribution in [0.3, 0.4) is 0 Å². The average Bonchev–Trinajstić information content (AvgIpc) is 2.83. The minimum absolute atomic E-state index is 0.0318. The Morgan fingerprint density at radius 1 is 1.32 bits per heavy atom. The number of carbonyl (C=O) groups is 1. The van der Waals surface area contributed by atoms with E-state index in [2.05, 4.69) is 21.8 Å². The second-order valence-electron chi connectivity index (χ2n) is 3.89. The molecule has 0 spiro atoms. The number of aromatic nitrogens is 2. The highest BCUT2D eigenvalue weighted by Gasteiger charge is 2.06. The highest BCUT2D eigenvalue weighted by atomic mass is 32.2. The summed E-state index contributed by atoms with van der Waals surface area (Å²) in [7, 11) is 0. The second-order valence-corrected chi connectivity index (χ2v) is 7.07. The van der Waals surface area contributed by atoms with E-state index in [-0.39, 0.29) is 5.75 Å². The molecule has 8 heteroatoms. The van der Waals surface area contributed by atoms with Gasteiger partial charge >= 0.3 is 5.97 Å². The minimum atomic E-state index is -0.833. The molecule has 2 N–H and O–H groups in total. The first-order valence-electron chi connectivity index (χ1n) is 6.13. The van der Waals surface area contributed by atoms with E-state index in [1.165, 1.54) is 48.1 Å². The molecular formula is C11H19N3O2S3. The quantitative estimate of drug-likeness (QED) is 0.479. The maximum Gasteiger partial charge on any atom is 0.313 e. The Morgan fingerprint density at radius 2 is 2.11 bits per heavy atom. The molecular weight excluding hydrogens is 302 g/mol. The molecule has 1 aromatic rings.